The van der Waals surface area contributed by atoms with E-state index in [4.69, 9.17) is 15.6 Å². The van der Waals surface area contributed by atoms with Gasteiger partial charge in [0, 0.05) is 24.6 Å². The highest BCUT2D eigenvalue weighted by atomic mass is 16.5. The molecule has 1 aromatic rings. The van der Waals surface area contributed by atoms with Crippen LogP contribution in [0.2, 0.25) is 0 Å². The summed E-state index contributed by atoms with van der Waals surface area (Å²) in [5.74, 6) is 0.894. The molecular weight excluding hydrogens is 178 g/mol. The molecule has 1 aromatic carbocycles. The fraction of sp³-hybridized carbons (Fsp3) is 0.455. The molecule has 0 radical (unpaired) electrons. The van der Waals surface area contributed by atoms with Gasteiger partial charge in [-0.05, 0) is 18.1 Å². The van der Waals surface area contributed by atoms with Gasteiger partial charge in [0.25, 0.3) is 0 Å². The van der Waals surface area contributed by atoms with E-state index in [0.29, 0.717) is 13.0 Å². The van der Waals surface area contributed by atoms with Crippen LogP contribution in [0.4, 0.5) is 0 Å². The van der Waals surface area contributed by atoms with Crippen molar-refractivity contribution < 1.29 is 9.84 Å². The van der Waals surface area contributed by atoms with Crippen LogP contribution in [0.1, 0.15) is 23.6 Å². The number of benzene rings is 1. The Kier molecular flexibility index (Phi) is 2.70. The lowest BCUT2D eigenvalue weighted by molar-refractivity contribution is 0.268. The van der Waals surface area contributed by atoms with E-state index in [0.717, 1.165) is 23.3 Å². The lowest BCUT2D eigenvalue weighted by atomic mass is 9.98. The Morgan fingerprint density at radius 3 is 3.14 bits per heavy atom. The molecular formula is C11H15NO2. The fourth-order valence-electron chi connectivity index (χ4n) is 1.76. The van der Waals surface area contributed by atoms with E-state index in [1.807, 2.05) is 18.2 Å². The van der Waals surface area contributed by atoms with E-state index >= 15 is 0 Å². The Morgan fingerprint density at radius 1 is 1.50 bits per heavy atom. The van der Waals surface area contributed by atoms with Gasteiger partial charge in [-0.25, -0.2) is 0 Å². The van der Waals surface area contributed by atoms with E-state index in [1.54, 1.807) is 0 Å². The topological polar surface area (TPSA) is 55.5 Å². The Morgan fingerprint density at radius 2 is 2.36 bits per heavy atom. The second-order valence-electron chi connectivity index (χ2n) is 3.59. The summed E-state index contributed by atoms with van der Waals surface area (Å²) in [5, 5.41) is 8.83. The number of aliphatic hydroxyl groups is 1. The monoisotopic (exact) mass is 193 g/mol. The van der Waals surface area contributed by atoms with Crippen molar-refractivity contribution in [2.24, 2.45) is 5.73 Å². The number of aliphatic hydroxyl groups excluding tert-OH is 1. The molecule has 0 bridgehead atoms. The molecule has 0 fully saturated rings. The lowest BCUT2D eigenvalue weighted by Crippen LogP contribution is -2.20. The third-order valence-corrected chi connectivity index (χ3v) is 2.56. The molecule has 3 nitrogen and oxygen atoms in total. The first-order valence-electron chi connectivity index (χ1n) is 4.93. The molecule has 1 heterocycles. The predicted molar refractivity (Wildman–Crippen MR) is 54.3 cm³/mol. The van der Waals surface area contributed by atoms with E-state index in [-0.39, 0.29) is 12.6 Å². The summed E-state index contributed by atoms with van der Waals surface area (Å²) < 4.78 is 5.48. The highest BCUT2D eigenvalue weighted by Crippen LogP contribution is 2.31. The standard InChI is InChI=1S/C11H15NO2/c12-10-4-6-14-11-2-1-8(3-5-13)7-9(10)11/h1-2,7,10,13H,3-6,12H2/t10-/m1/s1. The van der Waals surface area contributed by atoms with Crippen LogP contribution in [-0.2, 0) is 6.42 Å². The average Bonchev–Trinajstić information content (AvgIpc) is 2.20. The molecule has 2 rings (SSSR count). The smallest absolute Gasteiger partial charge is 0.124 e. The van der Waals surface area contributed by atoms with Crippen LogP contribution < -0.4 is 10.5 Å². The zero-order valence-corrected chi connectivity index (χ0v) is 8.07. The zero-order chi connectivity index (χ0) is 9.97. The molecule has 14 heavy (non-hydrogen) atoms. The number of hydrogen-bond donors (Lipinski definition) is 2. The maximum atomic E-state index is 8.83. The number of fused-ring (bicyclic) bond motifs is 1. The molecule has 3 heteroatoms. The molecule has 0 saturated heterocycles. The van der Waals surface area contributed by atoms with Crippen molar-refractivity contribution in [3.8, 4) is 5.75 Å². The summed E-state index contributed by atoms with van der Waals surface area (Å²) >= 11 is 0. The van der Waals surface area contributed by atoms with Crippen LogP contribution in [0.25, 0.3) is 0 Å². The molecule has 0 aromatic heterocycles. The van der Waals surface area contributed by atoms with Gasteiger partial charge < -0.3 is 15.6 Å². The summed E-state index contributed by atoms with van der Waals surface area (Å²) in [4.78, 5) is 0. The highest BCUT2D eigenvalue weighted by Gasteiger charge is 2.17. The van der Waals surface area contributed by atoms with Gasteiger partial charge in [-0.1, -0.05) is 12.1 Å². The fourth-order valence-corrected chi connectivity index (χ4v) is 1.76. The maximum absolute atomic E-state index is 8.83. The molecule has 1 aliphatic rings. The molecule has 3 N–H and O–H groups in total. The van der Waals surface area contributed by atoms with Crippen LogP contribution in [0.3, 0.4) is 0 Å². The van der Waals surface area contributed by atoms with Crippen molar-refractivity contribution in [1.29, 1.82) is 0 Å². The second-order valence-corrected chi connectivity index (χ2v) is 3.59. The number of hydrogen-bond acceptors (Lipinski definition) is 3. The maximum Gasteiger partial charge on any atom is 0.124 e. The Bertz CT molecular complexity index is 325. The molecule has 1 aliphatic heterocycles. The van der Waals surface area contributed by atoms with Crippen molar-refractivity contribution in [1.82, 2.24) is 0 Å². The minimum Gasteiger partial charge on any atom is -0.493 e. The minimum absolute atomic E-state index is 0.0809. The highest BCUT2D eigenvalue weighted by molar-refractivity contribution is 5.40. The van der Waals surface area contributed by atoms with Gasteiger partial charge in [-0.15, -0.1) is 0 Å². The summed E-state index contributed by atoms with van der Waals surface area (Å²) in [7, 11) is 0. The van der Waals surface area contributed by atoms with E-state index in [2.05, 4.69) is 0 Å². The predicted octanol–water partition coefficient (Wildman–Crippen LogP) is 1.00. The van der Waals surface area contributed by atoms with Crippen LogP contribution in [0, 0.1) is 0 Å². The van der Waals surface area contributed by atoms with Crippen molar-refractivity contribution >= 4 is 0 Å². The molecule has 0 unspecified atom stereocenters. The largest absolute Gasteiger partial charge is 0.493 e. The van der Waals surface area contributed by atoms with Gasteiger partial charge >= 0.3 is 0 Å². The van der Waals surface area contributed by atoms with Gasteiger partial charge in [-0.3, -0.25) is 0 Å². The average molecular weight is 193 g/mol. The normalized spacial score (nSPS) is 20.0. The van der Waals surface area contributed by atoms with Crippen LogP contribution in [-0.4, -0.2) is 18.3 Å². The Balaban J connectivity index is 2.31. The van der Waals surface area contributed by atoms with Gasteiger partial charge in [0.05, 0.1) is 6.61 Å². The molecule has 76 valence electrons. The quantitative estimate of drug-likeness (QED) is 0.736. The zero-order valence-electron chi connectivity index (χ0n) is 8.07. The van der Waals surface area contributed by atoms with Crippen LogP contribution in [0.5, 0.6) is 5.75 Å². The summed E-state index contributed by atoms with van der Waals surface area (Å²) in [6, 6.07) is 6.04. The van der Waals surface area contributed by atoms with E-state index in [1.165, 1.54) is 0 Å². The molecule has 1 atom stereocenters. The number of nitrogens with two attached hydrogens (primary N) is 1. The van der Waals surface area contributed by atoms with Gasteiger partial charge in [0.15, 0.2) is 0 Å². The first-order chi connectivity index (χ1) is 6.81. The van der Waals surface area contributed by atoms with Crippen molar-refractivity contribution in [2.75, 3.05) is 13.2 Å². The molecule has 0 aliphatic carbocycles. The molecule has 0 spiro atoms. The van der Waals surface area contributed by atoms with E-state index < -0.39 is 0 Å². The third kappa shape index (κ3) is 1.74. The summed E-state index contributed by atoms with van der Waals surface area (Å²) in [6.07, 6.45) is 1.55. The van der Waals surface area contributed by atoms with Gasteiger partial charge in [-0.2, -0.15) is 0 Å². The second kappa shape index (κ2) is 3.98. The molecule has 0 saturated carbocycles. The number of ether oxygens (including phenoxy) is 1. The Hall–Kier alpha value is -1.06. The van der Waals surface area contributed by atoms with Crippen molar-refractivity contribution in [2.45, 2.75) is 18.9 Å². The van der Waals surface area contributed by atoms with E-state index in [9.17, 15) is 0 Å². The Labute approximate surface area is 83.5 Å². The van der Waals surface area contributed by atoms with Crippen LogP contribution >= 0.6 is 0 Å². The summed E-state index contributed by atoms with van der Waals surface area (Å²) in [6.45, 7) is 0.877. The SMILES string of the molecule is N[C@@H]1CCOc2ccc(CCO)cc21. The molecule has 0 amide bonds. The lowest BCUT2D eigenvalue weighted by Gasteiger charge is -2.23. The minimum atomic E-state index is 0.0809. The number of rotatable bonds is 2. The van der Waals surface area contributed by atoms with Crippen molar-refractivity contribution in [3.05, 3.63) is 29.3 Å². The van der Waals surface area contributed by atoms with Gasteiger partial charge in [0.1, 0.15) is 5.75 Å². The first kappa shape index (κ1) is 9.49. The van der Waals surface area contributed by atoms with Crippen molar-refractivity contribution in [3.63, 3.8) is 0 Å². The summed E-state index contributed by atoms with van der Waals surface area (Å²) in [5.41, 5.74) is 8.16. The van der Waals surface area contributed by atoms with Gasteiger partial charge in [0.2, 0.25) is 0 Å². The first-order valence-corrected chi connectivity index (χ1v) is 4.93. The van der Waals surface area contributed by atoms with Crippen LogP contribution in [0.15, 0.2) is 18.2 Å². The third-order valence-electron chi connectivity index (χ3n) is 2.56.